The van der Waals surface area contributed by atoms with Gasteiger partial charge < -0.3 is 5.32 Å². The van der Waals surface area contributed by atoms with Gasteiger partial charge in [-0.2, -0.15) is 5.01 Å². The van der Waals surface area contributed by atoms with Gasteiger partial charge in [0.15, 0.2) is 0 Å². The van der Waals surface area contributed by atoms with Crippen LogP contribution in [0, 0.1) is 0 Å². The Morgan fingerprint density at radius 3 is 2.27 bits per heavy atom. The molecule has 158 valence electrons. The molecule has 2 aromatic carbocycles. The summed E-state index contributed by atoms with van der Waals surface area (Å²) in [5.74, 6) is -0.873. The summed E-state index contributed by atoms with van der Waals surface area (Å²) in [6.45, 7) is 5.31. The van der Waals surface area contributed by atoms with E-state index in [1.165, 1.54) is 0 Å². The second kappa shape index (κ2) is 9.54. The molecule has 1 aliphatic rings. The second-order valence-corrected chi connectivity index (χ2v) is 7.43. The fourth-order valence-electron chi connectivity index (χ4n) is 3.77. The highest BCUT2D eigenvalue weighted by Gasteiger charge is 2.52. The number of hydrogen-bond donors (Lipinski definition) is 2. The number of hydrogen-bond acceptors (Lipinski definition) is 4. The smallest absolute Gasteiger partial charge is 0.318 e. The number of carbonyl (C=O) groups is 3. The normalized spacial score (nSPS) is 18.6. The molecule has 4 amide bonds. The maximum atomic E-state index is 13.1. The van der Waals surface area contributed by atoms with Gasteiger partial charge in [0.2, 0.25) is 0 Å². The number of carbonyl (C=O) groups excluding carboxylic acids is 3. The Bertz CT molecular complexity index is 888. The molecule has 1 aliphatic heterocycles. The first-order valence-electron chi connectivity index (χ1n) is 10.3. The quantitative estimate of drug-likeness (QED) is 0.625. The van der Waals surface area contributed by atoms with Crippen LogP contribution in [0.4, 0.5) is 4.79 Å². The zero-order chi connectivity index (χ0) is 21.6. The van der Waals surface area contributed by atoms with Gasteiger partial charge in [0.1, 0.15) is 5.54 Å². The van der Waals surface area contributed by atoms with Crippen molar-refractivity contribution in [3.8, 4) is 0 Å². The van der Waals surface area contributed by atoms with Gasteiger partial charge in [-0.15, -0.1) is 0 Å². The standard InChI is InChI=1S/C23H28N4O3/c1-3-15-26(16-18-11-7-5-8-12-18)17-20(28)25-27-21(29)23(4-2,24-22(27)30)19-13-9-6-10-14-19/h5-14H,3-4,15-17H2,1-2H3,(H,24,30)(H,25,28). The average molecular weight is 409 g/mol. The van der Waals surface area contributed by atoms with Gasteiger partial charge in [0.25, 0.3) is 11.8 Å². The Labute approximate surface area is 177 Å². The van der Waals surface area contributed by atoms with E-state index in [1.54, 1.807) is 12.1 Å². The van der Waals surface area contributed by atoms with Crippen LogP contribution in [0.1, 0.15) is 37.8 Å². The minimum Gasteiger partial charge on any atom is -0.318 e. The highest BCUT2D eigenvalue weighted by Crippen LogP contribution is 2.31. The molecule has 1 saturated heterocycles. The summed E-state index contributed by atoms with van der Waals surface area (Å²) >= 11 is 0. The van der Waals surface area contributed by atoms with Crippen molar-refractivity contribution in [1.82, 2.24) is 20.7 Å². The molecular weight excluding hydrogens is 380 g/mol. The van der Waals surface area contributed by atoms with Gasteiger partial charge in [-0.25, -0.2) is 4.79 Å². The van der Waals surface area contributed by atoms with Crippen LogP contribution in [0.5, 0.6) is 0 Å². The number of benzene rings is 2. The molecular formula is C23H28N4O3. The number of urea groups is 1. The van der Waals surface area contributed by atoms with E-state index in [2.05, 4.69) is 10.7 Å². The van der Waals surface area contributed by atoms with Gasteiger partial charge >= 0.3 is 6.03 Å². The Morgan fingerprint density at radius 2 is 1.67 bits per heavy atom. The van der Waals surface area contributed by atoms with Crippen molar-refractivity contribution in [2.75, 3.05) is 13.1 Å². The Kier molecular flexibility index (Phi) is 6.84. The average Bonchev–Trinajstić information content (AvgIpc) is 3.00. The third-order valence-corrected chi connectivity index (χ3v) is 5.28. The van der Waals surface area contributed by atoms with E-state index in [9.17, 15) is 14.4 Å². The third-order valence-electron chi connectivity index (χ3n) is 5.28. The van der Waals surface area contributed by atoms with Crippen LogP contribution in [0.25, 0.3) is 0 Å². The molecule has 7 nitrogen and oxygen atoms in total. The van der Waals surface area contributed by atoms with E-state index in [-0.39, 0.29) is 6.54 Å². The number of amides is 4. The van der Waals surface area contributed by atoms with E-state index < -0.39 is 23.4 Å². The van der Waals surface area contributed by atoms with Crippen molar-refractivity contribution in [3.63, 3.8) is 0 Å². The lowest BCUT2D eigenvalue weighted by Crippen LogP contribution is -2.51. The maximum Gasteiger partial charge on any atom is 0.344 e. The highest BCUT2D eigenvalue weighted by molar-refractivity contribution is 6.08. The van der Waals surface area contributed by atoms with Crippen LogP contribution in [0.15, 0.2) is 60.7 Å². The molecule has 2 aromatic rings. The van der Waals surface area contributed by atoms with Crippen LogP contribution in [-0.2, 0) is 21.7 Å². The first-order chi connectivity index (χ1) is 14.5. The molecule has 0 bridgehead atoms. The Morgan fingerprint density at radius 1 is 1.03 bits per heavy atom. The predicted octanol–water partition coefficient (Wildman–Crippen LogP) is 2.79. The predicted molar refractivity (Wildman–Crippen MR) is 114 cm³/mol. The minimum atomic E-state index is -1.17. The van der Waals surface area contributed by atoms with Crippen molar-refractivity contribution < 1.29 is 14.4 Å². The lowest BCUT2D eigenvalue weighted by molar-refractivity contribution is -0.139. The van der Waals surface area contributed by atoms with E-state index in [4.69, 9.17) is 0 Å². The van der Waals surface area contributed by atoms with E-state index >= 15 is 0 Å². The summed E-state index contributed by atoms with van der Waals surface area (Å²) in [6.07, 6.45) is 1.26. The molecule has 0 radical (unpaired) electrons. The van der Waals surface area contributed by atoms with E-state index in [0.717, 1.165) is 23.5 Å². The number of nitrogens with one attached hydrogen (secondary N) is 2. The summed E-state index contributed by atoms with van der Waals surface area (Å²) in [4.78, 5) is 40.3. The van der Waals surface area contributed by atoms with Crippen molar-refractivity contribution in [1.29, 1.82) is 0 Å². The largest absolute Gasteiger partial charge is 0.344 e. The fourth-order valence-corrected chi connectivity index (χ4v) is 3.77. The lowest BCUT2D eigenvalue weighted by Gasteiger charge is -2.26. The molecule has 1 unspecified atom stereocenters. The summed E-state index contributed by atoms with van der Waals surface area (Å²) in [7, 11) is 0. The van der Waals surface area contributed by atoms with Gasteiger partial charge in [-0.3, -0.25) is 19.9 Å². The van der Waals surface area contributed by atoms with E-state index in [1.807, 2.05) is 67.3 Å². The van der Waals surface area contributed by atoms with Gasteiger partial charge in [-0.05, 0) is 30.5 Å². The van der Waals surface area contributed by atoms with Gasteiger partial charge in [0, 0.05) is 6.54 Å². The summed E-state index contributed by atoms with van der Waals surface area (Å²) in [6, 6.07) is 18.4. The Balaban J connectivity index is 1.69. The molecule has 0 aromatic heterocycles. The Hall–Kier alpha value is -3.19. The summed E-state index contributed by atoms with van der Waals surface area (Å²) in [5.41, 5.74) is 3.13. The molecule has 2 N–H and O–H groups in total. The zero-order valence-corrected chi connectivity index (χ0v) is 17.4. The topological polar surface area (TPSA) is 81.8 Å². The van der Waals surface area contributed by atoms with E-state index in [0.29, 0.717) is 18.5 Å². The number of hydrazine groups is 1. The second-order valence-electron chi connectivity index (χ2n) is 7.43. The van der Waals surface area contributed by atoms with Gasteiger partial charge in [-0.1, -0.05) is 74.5 Å². The fraction of sp³-hybridized carbons (Fsp3) is 0.348. The SMILES string of the molecule is CCCN(CC(=O)NN1C(=O)NC(CC)(c2ccccc2)C1=O)Cc1ccccc1. The van der Waals surface area contributed by atoms with Gasteiger partial charge in [0.05, 0.1) is 6.54 Å². The van der Waals surface area contributed by atoms with Crippen LogP contribution >= 0.6 is 0 Å². The first kappa shape index (κ1) is 21.5. The summed E-state index contributed by atoms with van der Waals surface area (Å²) in [5, 5.41) is 3.58. The van der Waals surface area contributed by atoms with Crippen molar-refractivity contribution in [2.24, 2.45) is 0 Å². The van der Waals surface area contributed by atoms with Crippen molar-refractivity contribution in [3.05, 3.63) is 71.8 Å². The number of rotatable bonds is 9. The molecule has 1 fully saturated rings. The van der Waals surface area contributed by atoms with Crippen molar-refractivity contribution >= 4 is 17.8 Å². The molecule has 0 saturated carbocycles. The van der Waals surface area contributed by atoms with Crippen LogP contribution in [-0.4, -0.2) is 40.8 Å². The molecule has 30 heavy (non-hydrogen) atoms. The third kappa shape index (κ3) is 4.52. The van der Waals surface area contributed by atoms with Crippen molar-refractivity contribution in [2.45, 2.75) is 38.8 Å². The highest BCUT2D eigenvalue weighted by atomic mass is 16.2. The van der Waals surface area contributed by atoms with Crippen LogP contribution < -0.4 is 10.7 Å². The number of nitrogens with zero attached hydrogens (tertiary/aromatic N) is 2. The summed E-state index contributed by atoms with van der Waals surface area (Å²) < 4.78 is 0. The molecule has 0 aliphatic carbocycles. The lowest BCUT2D eigenvalue weighted by atomic mass is 9.87. The monoisotopic (exact) mass is 408 g/mol. The molecule has 1 atom stereocenters. The molecule has 3 rings (SSSR count). The van der Waals surface area contributed by atoms with Crippen LogP contribution in [0.2, 0.25) is 0 Å². The first-order valence-corrected chi connectivity index (χ1v) is 10.3. The zero-order valence-electron chi connectivity index (χ0n) is 17.4. The molecule has 7 heteroatoms. The minimum absolute atomic E-state index is 0.0876. The number of imide groups is 1. The maximum absolute atomic E-state index is 13.1. The van der Waals surface area contributed by atoms with Crippen LogP contribution in [0.3, 0.4) is 0 Å². The molecule has 1 heterocycles. The molecule has 0 spiro atoms.